The molecule has 0 unspecified atom stereocenters. The highest BCUT2D eigenvalue weighted by Crippen LogP contribution is 2.23. The van der Waals surface area contributed by atoms with E-state index in [0.717, 1.165) is 12.0 Å². The van der Waals surface area contributed by atoms with E-state index in [9.17, 15) is 4.79 Å². The van der Waals surface area contributed by atoms with Gasteiger partial charge in [0, 0.05) is 18.0 Å². The highest BCUT2D eigenvalue weighted by Gasteiger charge is 2.34. The molecule has 2 rings (SSSR count). The van der Waals surface area contributed by atoms with Gasteiger partial charge in [-0.3, -0.25) is 0 Å². The molecule has 1 aliphatic heterocycles. The molecule has 1 aromatic rings. The predicted octanol–water partition coefficient (Wildman–Crippen LogP) is 3.34. The van der Waals surface area contributed by atoms with E-state index in [2.05, 4.69) is 10.0 Å². The van der Waals surface area contributed by atoms with Crippen LogP contribution in [0.1, 0.15) is 18.9 Å². The second-order valence-corrected chi connectivity index (χ2v) is 4.89. The maximum atomic E-state index is 12.0. The first-order chi connectivity index (χ1) is 9.74. The number of likely N-dealkylation sites (tertiary alicyclic amines) is 1. The lowest BCUT2D eigenvalue weighted by Crippen LogP contribution is -2.29. The van der Waals surface area contributed by atoms with Crippen LogP contribution in [0.2, 0.25) is 0 Å². The minimum absolute atomic E-state index is 0.144. The Morgan fingerprint density at radius 3 is 2.85 bits per heavy atom. The summed E-state index contributed by atoms with van der Waals surface area (Å²) in [6, 6.07) is 9.41. The summed E-state index contributed by atoms with van der Waals surface area (Å²) in [6.07, 6.45) is 0.537. The molecule has 1 fully saturated rings. The first-order valence-electron chi connectivity index (χ1n) is 6.74. The van der Waals surface area contributed by atoms with Crippen LogP contribution in [0, 0.1) is 5.92 Å². The van der Waals surface area contributed by atoms with Crippen molar-refractivity contribution < 1.29 is 9.53 Å². The molecule has 1 aromatic carbocycles. The lowest BCUT2D eigenvalue weighted by atomic mass is 10.0. The summed E-state index contributed by atoms with van der Waals surface area (Å²) in [5.41, 5.74) is 9.50. The van der Waals surface area contributed by atoms with Crippen molar-refractivity contribution in [3.05, 3.63) is 46.3 Å². The zero-order valence-electron chi connectivity index (χ0n) is 11.5. The maximum absolute atomic E-state index is 12.0. The van der Waals surface area contributed by atoms with Crippen molar-refractivity contribution in [3.8, 4) is 0 Å². The normalized spacial score (nSPS) is 21.4. The van der Waals surface area contributed by atoms with Gasteiger partial charge in [0.2, 0.25) is 0 Å². The molecule has 1 saturated heterocycles. The Kier molecular flexibility index (Phi) is 4.85. The average molecular weight is 274 g/mol. The van der Waals surface area contributed by atoms with Crippen molar-refractivity contribution in [2.24, 2.45) is 11.0 Å². The number of benzene rings is 1. The quantitative estimate of drug-likeness (QED) is 0.479. The molecule has 1 amide bonds. The van der Waals surface area contributed by atoms with E-state index in [0.29, 0.717) is 13.1 Å². The molecular weight excluding hydrogens is 256 g/mol. The molecule has 0 saturated carbocycles. The monoisotopic (exact) mass is 274 g/mol. The highest BCUT2D eigenvalue weighted by molar-refractivity contribution is 5.68. The van der Waals surface area contributed by atoms with Crippen molar-refractivity contribution in [2.75, 3.05) is 13.1 Å². The van der Waals surface area contributed by atoms with Gasteiger partial charge in [-0.15, -0.1) is 0 Å². The van der Waals surface area contributed by atoms with Crippen molar-refractivity contribution in [1.82, 2.24) is 4.90 Å². The van der Waals surface area contributed by atoms with Crippen molar-refractivity contribution in [1.29, 1.82) is 0 Å². The van der Waals surface area contributed by atoms with Crippen LogP contribution in [0.15, 0.2) is 35.4 Å². The zero-order valence-corrected chi connectivity index (χ0v) is 11.5. The van der Waals surface area contributed by atoms with Crippen LogP contribution in [-0.4, -0.2) is 30.1 Å². The van der Waals surface area contributed by atoms with Crippen LogP contribution in [0.25, 0.3) is 10.4 Å². The Bertz CT molecular complexity index is 499. The lowest BCUT2D eigenvalue weighted by Gasteiger charge is -2.16. The largest absolute Gasteiger partial charge is 0.445 e. The molecule has 1 aliphatic rings. The van der Waals surface area contributed by atoms with E-state index >= 15 is 0 Å². The van der Waals surface area contributed by atoms with Gasteiger partial charge in [-0.25, -0.2) is 4.79 Å². The fraction of sp³-hybridized carbons (Fsp3) is 0.500. The molecule has 0 aliphatic carbocycles. The van der Waals surface area contributed by atoms with Gasteiger partial charge in [-0.05, 0) is 17.0 Å². The van der Waals surface area contributed by atoms with Crippen LogP contribution in [-0.2, 0) is 11.3 Å². The zero-order chi connectivity index (χ0) is 14.4. The number of rotatable bonds is 4. The molecule has 0 radical (unpaired) electrons. The van der Waals surface area contributed by atoms with E-state index in [1.165, 1.54) is 0 Å². The van der Waals surface area contributed by atoms with Crippen molar-refractivity contribution >= 4 is 6.09 Å². The Morgan fingerprint density at radius 1 is 1.45 bits per heavy atom. The Labute approximate surface area is 118 Å². The fourth-order valence-corrected chi connectivity index (χ4v) is 2.41. The third-order valence-corrected chi connectivity index (χ3v) is 3.59. The highest BCUT2D eigenvalue weighted by atomic mass is 16.6. The molecule has 0 N–H and O–H groups in total. The topological polar surface area (TPSA) is 78.3 Å². The first-order valence-corrected chi connectivity index (χ1v) is 6.74. The van der Waals surface area contributed by atoms with E-state index in [4.69, 9.17) is 10.3 Å². The molecule has 20 heavy (non-hydrogen) atoms. The molecule has 0 aromatic heterocycles. The molecule has 6 heteroatoms. The minimum Gasteiger partial charge on any atom is -0.445 e. The van der Waals surface area contributed by atoms with Crippen LogP contribution < -0.4 is 0 Å². The lowest BCUT2D eigenvalue weighted by molar-refractivity contribution is 0.103. The molecule has 6 nitrogen and oxygen atoms in total. The number of carbonyl (C=O) groups excluding carboxylic acids is 1. The second kappa shape index (κ2) is 6.82. The van der Waals surface area contributed by atoms with Crippen LogP contribution in [0.5, 0.6) is 0 Å². The van der Waals surface area contributed by atoms with E-state index in [-0.39, 0.29) is 24.7 Å². The van der Waals surface area contributed by atoms with Gasteiger partial charge in [0.05, 0.1) is 6.04 Å². The van der Waals surface area contributed by atoms with Crippen molar-refractivity contribution in [3.63, 3.8) is 0 Å². The van der Waals surface area contributed by atoms with Gasteiger partial charge in [0.15, 0.2) is 0 Å². The molecule has 0 spiro atoms. The SMILES string of the molecule is CC[C@H]1CN(C(=O)OCc2ccccc2)C[C@@H]1N=[N+]=[N-]. The maximum Gasteiger partial charge on any atom is 0.410 e. The number of ether oxygens (including phenoxy) is 1. The summed E-state index contributed by atoms with van der Waals surface area (Å²) >= 11 is 0. The smallest absolute Gasteiger partial charge is 0.410 e. The van der Waals surface area contributed by atoms with Gasteiger partial charge >= 0.3 is 6.09 Å². The summed E-state index contributed by atoms with van der Waals surface area (Å²) in [5.74, 6) is 0.218. The fourth-order valence-electron chi connectivity index (χ4n) is 2.41. The number of azide groups is 1. The predicted molar refractivity (Wildman–Crippen MR) is 74.9 cm³/mol. The average Bonchev–Trinajstić information content (AvgIpc) is 2.89. The standard InChI is InChI=1S/C14H18N4O2/c1-2-12-8-18(9-13(12)16-17-15)14(19)20-10-11-6-4-3-5-7-11/h3-7,12-13H,2,8-10H2,1H3/t12-,13-/m0/s1. The van der Waals surface area contributed by atoms with E-state index in [1.54, 1.807) is 4.90 Å². The number of nitrogens with zero attached hydrogens (tertiary/aromatic N) is 4. The Balaban J connectivity index is 1.89. The third kappa shape index (κ3) is 3.42. The van der Waals surface area contributed by atoms with Gasteiger partial charge in [0.1, 0.15) is 6.61 Å². The molecular formula is C14H18N4O2. The van der Waals surface area contributed by atoms with Gasteiger partial charge in [-0.1, -0.05) is 48.8 Å². The molecule has 106 valence electrons. The van der Waals surface area contributed by atoms with Gasteiger partial charge in [0.25, 0.3) is 0 Å². The summed E-state index contributed by atoms with van der Waals surface area (Å²) in [5, 5.41) is 3.76. The minimum atomic E-state index is -0.344. The van der Waals surface area contributed by atoms with Crippen LogP contribution in [0.4, 0.5) is 4.79 Å². The Hall–Kier alpha value is -2.20. The van der Waals surface area contributed by atoms with Crippen LogP contribution >= 0.6 is 0 Å². The number of carbonyl (C=O) groups is 1. The summed E-state index contributed by atoms with van der Waals surface area (Å²) in [6.45, 7) is 3.33. The number of amides is 1. The molecule has 1 heterocycles. The van der Waals surface area contributed by atoms with Gasteiger partial charge < -0.3 is 9.64 Å². The van der Waals surface area contributed by atoms with Gasteiger partial charge in [-0.2, -0.15) is 0 Å². The number of hydrogen-bond acceptors (Lipinski definition) is 3. The first kappa shape index (κ1) is 14.2. The van der Waals surface area contributed by atoms with Crippen molar-refractivity contribution in [2.45, 2.75) is 26.0 Å². The molecule has 0 bridgehead atoms. The summed E-state index contributed by atoms with van der Waals surface area (Å²) < 4.78 is 5.28. The molecule has 2 atom stereocenters. The third-order valence-electron chi connectivity index (χ3n) is 3.59. The van der Waals surface area contributed by atoms with E-state index < -0.39 is 0 Å². The van der Waals surface area contributed by atoms with E-state index in [1.807, 2.05) is 37.3 Å². The van der Waals surface area contributed by atoms with Crippen LogP contribution in [0.3, 0.4) is 0 Å². The summed E-state index contributed by atoms with van der Waals surface area (Å²) in [7, 11) is 0. The number of hydrogen-bond donors (Lipinski definition) is 0. The Morgan fingerprint density at radius 2 is 2.20 bits per heavy atom. The second-order valence-electron chi connectivity index (χ2n) is 4.89. The summed E-state index contributed by atoms with van der Waals surface area (Å²) in [4.78, 5) is 16.5.